The molecule has 2 heterocycles. The maximum atomic E-state index is 12.8. The molecular formula is C18H25N3O3S. The average molecular weight is 363 g/mol. The third-order valence-corrected chi connectivity index (χ3v) is 4.60. The van der Waals surface area contributed by atoms with Gasteiger partial charge >= 0.3 is 0 Å². The lowest BCUT2D eigenvalue weighted by molar-refractivity contribution is -0.133. The summed E-state index contributed by atoms with van der Waals surface area (Å²) in [6, 6.07) is 6.71. The largest absolute Gasteiger partial charge is 0.464 e. The molecule has 136 valence electrons. The minimum Gasteiger partial charge on any atom is -0.464 e. The molecule has 25 heavy (non-hydrogen) atoms. The fraction of sp³-hybridized carbons (Fsp3) is 0.444. The topological polar surface area (TPSA) is 65.8 Å². The molecule has 2 aromatic rings. The van der Waals surface area contributed by atoms with Crippen molar-refractivity contribution >= 4 is 23.2 Å². The zero-order chi connectivity index (χ0) is 18.4. The highest BCUT2D eigenvalue weighted by molar-refractivity contribution is 7.12. The SMILES string of the molecule is Cc1ccc(CN(CCN(C)C)C(=O)C(C)NC(=O)c2cccs2)o1. The summed E-state index contributed by atoms with van der Waals surface area (Å²) >= 11 is 1.35. The van der Waals surface area contributed by atoms with E-state index >= 15 is 0 Å². The van der Waals surface area contributed by atoms with Gasteiger partial charge < -0.3 is 19.5 Å². The zero-order valence-electron chi connectivity index (χ0n) is 15.1. The van der Waals surface area contributed by atoms with Crippen molar-refractivity contribution in [1.82, 2.24) is 15.1 Å². The number of likely N-dealkylation sites (N-methyl/N-ethyl adjacent to an activating group) is 1. The lowest BCUT2D eigenvalue weighted by Gasteiger charge is -2.26. The molecule has 0 aliphatic carbocycles. The fourth-order valence-electron chi connectivity index (χ4n) is 2.36. The molecule has 2 amide bonds. The standard InChI is InChI=1S/C18H25N3O3S/c1-13-7-8-15(24-13)12-21(10-9-20(3)4)18(23)14(2)19-17(22)16-6-5-11-25-16/h5-8,11,14H,9-10,12H2,1-4H3,(H,19,22). The number of furan rings is 1. The molecule has 1 N–H and O–H groups in total. The predicted octanol–water partition coefficient (Wildman–Crippen LogP) is 2.36. The van der Waals surface area contributed by atoms with Crippen molar-refractivity contribution in [2.75, 3.05) is 27.2 Å². The number of rotatable bonds is 8. The summed E-state index contributed by atoms with van der Waals surface area (Å²) in [7, 11) is 3.92. The van der Waals surface area contributed by atoms with Crippen molar-refractivity contribution in [3.05, 3.63) is 46.0 Å². The van der Waals surface area contributed by atoms with Crippen LogP contribution in [0.1, 0.15) is 28.1 Å². The zero-order valence-corrected chi connectivity index (χ0v) is 15.9. The predicted molar refractivity (Wildman–Crippen MR) is 98.7 cm³/mol. The van der Waals surface area contributed by atoms with E-state index in [0.29, 0.717) is 18.0 Å². The molecule has 0 fully saturated rings. The van der Waals surface area contributed by atoms with Gasteiger partial charge in [-0.2, -0.15) is 0 Å². The van der Waals surface area contributed by atoms with Gasteiger partial charge in [0.1, 0.15) is 17.6 Å². The Balaban J connectivity index is 2.03. The van der Waals surface area contributed by atoms with Crippen molar-refractivity contribution in [3.63, 3.8) is 0 Å². The van der Waals surface area contributed by atoms with E-state index in [0.717, 1.165) is 18.1 Å². The molecule has 0 spiro atoms. The Morgan fingerprint density at radius 1 is 1.24 bits per heavy atom. The molecule has 0 aliphatic rings. The second-order valence-electron chi connectivity index (χ2n) is 6.25. The summed E-state index contributed by atoms with van der Waals surface area (Å²) in [5.74, 6) is 1.20. The normalized spacial score (nSPS) is 12.2. The van der Waals surface area contributed by atoms with Crippen LogP contribution in [0.5, 0.6) is 0 Å². The molecular weight excluding hydrogens is 338 g/mol. The monoisotopic (exact) mass is 363 g/mol. The van der Waals surface area contributed by atoms with Crippen LogP contribution in [0.15, 0.2) is 34.1 Å². The first-order valence-corrected chi connectivity index (χ1v) is 9.08. The molecule has 7 heteroatoms. The van der Waals surface area contributed by atoms with Crippen molar-refractivity contribution in [2.45, 2.75) is 26.4 Å². The molecule has 0 aliphatic heterocycles. The molecule has 1 unspecified atom stereocenters. The molecule has 2 aromatic heterocycles. The van der Waals surface area contributed by atoms with Crippen LogP contribution in [0.2, 0.25) is 0 Å². The summed E-state index contributed by atoms with van der Waals surface area (Å²) in [6.45, 7) is 5.27. The first-order valence-electron chi connectivity index (χ1n) is 8.20. The van der Waals surface area contributed by atoms with Crippen LogP contribution >= 0.6 is 11.3 Å². The van der Waals surface area contributed by atoms with Crippen molar-refractivity contribution in [3.8, 4) is 0 Å². The number of carbonyl (C=O) groups excluding carboxylic acids is 2. The van der Waals surface area contributed by atoms with Crippen molar-refractivity contribution in [2.24, 2.45) is 0 Å². The summed E-state index contributed by atoms with van der Waals surface area (Å²) in [5.41, 5.74) is 0. The first-order chi connectivity index (χ1) is 11.9. The van der Waals surface area contributed by atoms with E-state index < -0.39 is 6.04 Å². The smallest absolute Gasteiger partial charge is 0.261 e. The highest BCUT2D eigenvalue weighted by Crippen LogP contribution is 2.12. The van der Waals surface area contributed by atoms with Crippen LogP contribution < -0.4 is 5.32 Å². The summed E-state index contributed by atoms with van der Waals surface area (Å²) in [6.07, 6.45) is 0. The lowest BCUT2D eigenvalue weighted by atomic mass is 10.2. The summed E-state index contributed by atoms with van der Waals surface area (Å²) in [4.78, 5) is 29.3. The summed E-state index contributed by atoms with van der Waals surface area (Å²) < 4.78 is 5.60. The van der Waals surface area contributed by atoms with E-state index in [4.69, 9.17) is 4.42 Å². The number of carbonyl (C=O) groups is 2. The quantitative estimate of drug-likeness (QED) is 0.782. The second-order valence-corrected chi connectivity index (χ2v) is 7.20. The van der Waals surface area contributed by atoms with E-state index in [2.05, 4.69) is 5.32 Å². The Hall–Kier alpha value is -2.12. The fourth-order valence-corrected chi connectivity index (χ4v) is 2.98. The number of amides is 2. The molecule has 0 radical (unpaired) electrons. The van der Waals surface area contributed by atoms with Gasteiger partial charge in [0.05, 0.1) is 11.4 Å². The number of nitrogens with zero attached hydrogens (tertiary/aromatic N) is 2. The van der Waals surface area contributed by atoms with Gasteiger partial charge in [-0.3, -0.25) is 9.59 Å². The van der Waals surface area contributed by atoms with E-state index in [1.54, 1.807) is 17.9 Å². The molecule has 0 saturated heterocycles. The maximum absolute atomic E-state index is 12.8. The van der Waals surface area contributed by atoms with E-state index in [9.17, 15) is 9.59 Å². The van der Waals surface area contributed by atoms with Gasteiger partial charge in [0, 0.05) is 13.1 Å². The molecule has 6 nitrogen and oxygen atoms in total. The van der Waals surface area contributed by atoms with Gasteiger partial charge in [0.15, 0.2) is 0 Å². The number of nitrogens with one attached hydrogen (secondary N) is 1. The van der Waals surface area contributed by atoms with Crippen LogP contribution in [0, 0.1) is 6.92 Å². The first kappa shape index (κ1) is 19.2. The van der Waals surface area contributed by atoms with Gasteiger partial charge in [0.2, 0.25) is 5.91 Å². The number of thiophene rings is 1. The highest BCUT2D eigenvalue weighted by atomic mass is 32.1. The van der Waals surface area contributed by atoms with Crippen LogP contribution in [0.3, 0.4) is 0 Å². The van der Waals surface area contributed by atoms with Crippen molar-refractivity contribution < 1.29 is 14.0 Å². The average Bonchev–Trinajstić information content (AvgIpc) is 3.22. The van der Waals surface area contributed by atoms with E-state index in [1.807, 2.05) is 49.5 Å². The van der Waals surface area contributed by atoms with Crippen LogP contribution in [-0.2, 0) is 11.3 Å². The summed E-state index contributed by atoms with van der Waals surface area (Å²) in [5, 5.41) is 4.61. The Morgan fingerprint density at radius 3 is 2.56 bits per heavy atom. The van der Waals surface area contributed by atoms with Crippen molar-refractivity contribution in [1.29, 1.82) is 0 Å². The van der Waals surface area contributed by atoms with Crippen LogP contribution in [-0.4, -0.2) is 54.8 Å². The highest BCUT2D eigenvalue weighted by Gasteiger charge is 2.23. The van der Waals surface area contributed by atoms with Crippen LogP contribution in [0.4, 0.5) is 0 Å². The lowest BCUT2D eigenvalue weighted by Crippen LogP contribution is -2.48. The number of aryl methyl sites for hydroxylation is 1. The van der Waals surface area contributed by atoms with Gasteiger partial charge in [-0.05, 0) is 51.5 Å². The molecule has 2 rings (SSSR count). The Kier molecular flexibility index (Phi) is 6.78. The maximum Gasteiger partial charge on any atom is 0.261 e. The van der Waals surface area contributed by atoms with E-state index in [1.165, 1.54) is 11.3 Å². The number of hydrogen-bond donors (Lipinski definition) is 1. The third kappa shape index (κ3) is 5.72. The van der Waals surface area contributed by atoms with Gasteiger partial charge in [-0.25, -0.2) is 0 Å². The minimum absolute atomic E-state index is 0.124. The third-order valence-electron chi connectivity index (χ3n) is 3.73. The molecule has 0 bridgehead atoms. The Morgan fingerprint density at radius 2 is 2.00 bits per heavy atom. The molecule has 0 saturated carbocycles. The Labute approximate surface area is 152 Å². The Bertz CT molecular complexity index is 694. The van der Waals surface area contributed by atoms with Crippen LogP contribution in [0.25, 0.3) is 0 Å². The van der Waals surface area contributed by atoms with E-state index in [-0.39, 0.29) is 11.8 Å². The minimum atomic E-state index is -0.604. The second kappa shape index (κ2) is 8.82. The van der Waals surface area contributed by atoms with Gasteiger partial charge in [-0.1, -0.05) is 6.07 Å². The number of hydrogen-bond acceptors (Lipinski definition) is 5. The molecule has 0 aromatic carbocycles. The van der Waals surface area contributed by atoms with Gasteiger partial charge in [0.25, 0.3) is 5.91 Å². The van der Waals surface area contributed by atoms with Gasteiger partial charge in [-0.15, -0.1) is 11.3 Å². The molecule has 1 atom stereocenters.